The van der Waals surface area contributed by atoms with E-state index in [1.165, 1.54) is 30.5 Å². The summed E-state index contributed by atoms with van der Waals surface area (Å²) in [5.74, 6) is 0.0573. The molecule has 0 unspecified atom stereocenters. The van der Waals surface area contributed by atoms with Crippen molar-refractivity contribution in [2.45, 2.75) is 32.1 Å². The summed E-state index contributed by atoms with van der Waals surface area (Å²) in [6, 6.07) is 10.3. The molecule has 2 aromatic rings. The second-order valence-corrected chi connectivity index (χ2v) is 5.96. The minimum Gasteiger partial charge on any atom is -0.354 e. The van der Waals surface area contributed by atoms with E-state index in [9.17, 15) is 4.79 Å². The lowest BCUT2D eigenvalue weighted by molar-refractivity contribution is 0.0823. The zero-order valence-corrected chi connectivity index (χ0v) is 12.8. The van der Waals surface area contributed by atoms with Crippen LogP contribution in [0.15, 0.2) is 30.3 Å². The van der Waals surface area contributed by atoms with E-state index in [4.69, 9.17) is 0 Å². The molecule has 1 aliphatic carbocycles. The van der Waals surface area contributed by atoms with Gasteiger partial charge in [-0.15, -0.1) is 0 Å². The maximum absolute atomic E-state index is 12.5. The van der Waals surface area contributed by atoms with Gasteiger partial charge in [-0.05, 0) is 36.8 Å². The molecule has 21 heavy (non-hydrogen) atoms. The summed E-state index contributed by atoms with van der Waals surface area (Å²) in [6.07, 6.45) is 5.80. The molecule has 0 radical (unpaired) electrons. The molecule has 3 heteroatoms. The minimum atomic E-state index is 0.0573. The number of rotatable bonds is 2. The van der Waals surface area contributed by atoms with Crippen LogP contribution in [0.25, 0.3) is 11.1 Å². The second kappa shape index (κ2) is 5.76. The molecule has 0 saturated carbocycles. The van der Waals surface area contributed by atoms with Crippen LogP contribution in [-0.2, 0) is 12.8 Å². The van der Waals surface area contributed by atoms with Gasteiger partial charge in [0.1, 0.15) is 5.69 Å². The van der Waals surface area contributed by atoms with Gasteiger partial charge in [-0.25, -0.2) is 0 Å². The van der Waals surface area contributed by atoms with E-state index < -0.39 is 0 Å². The topological polar surface area (TPSA) is 36.1 Å². The summed E-state index contributed by atoms with van der Waals surface area (Å²) in [5.41, 5.74) is 5.62. The molecular formula is C18H22N2O. The quantitative estimate of drug-likeness (QED) is 0.839. The fourth-order valence-corrected chi connectivity index (χ4v) is 3.17. The number of aromatic nitrogens is 1. The van der Waals surface area contributed by atoms with Gasteiger partial charge in [0.25, 0.3) is 5.91 Å². The van der Waals surface area contributed by atoms with Crippen molar-refractivity contribution in [1.29, 1.82) is 0 Å². The number of nitrogens with zero attached hydrogens (tertiary/aromatic N) is 1. The number of fused-ring (bicyclic) bond motifs is 1. The highest BCUT2D eigenvalue weighted by molar-refractivity contribution is 6.00. The Kier molecular flexibility index (Phi) is 3.82. The molecule has 0 bridgehead atoms. The van der Waals surface area contributed by atoms with Crippen LogP contribution in [0, 0.1) is 0 Å². The van der Waals surface area contributed by atoms with E-state index >= 15 is 0 Å². The van der Waals surface area contributed by atoms with Crippen LogP contribution in [0.3, 0.4) is 0 Å². The van der Waals surface area contributed by atoms with Crippen molar-refractivity contribution in [2.24, 2.45) is 0 Å². The predicted octanol–water partition coefficient (Wildman–Crippen LogP) is 3.65. The van der Waals surface area contributed by atoms with Crippen LogP contribution in [0.4, 0.5) is 0 Å². The van der Waals surface area contributed by atoms with Crippen molar-refractivity contribution in [3.8, 4) is 11.1 Å². The molecule has 1 aromatic heterocycles. The molecule has 0 spiro atoms. The molecule has 1 amide bonds. The van der Waals surface area contributed by atoms with Crippen molar-refractivity contribution in [3.05, 3.63) is 47.3 Å². The molecule has 1 aromatic carbocycles. The van der Waals surface area contributed by atoms with Gasteiger partial charge in [0, 0.05) is 25.4 Å². The van der Waals surface area contributed by atoms with Crippen LogP contribution in [0.5, 0.6) is 0 Å². The summed E-state index contributed by atoms with van der Waals surface area (Å²) < 4.78 is 0. The van der Waals surface area contributed by atoms with Crippen molar-refractivity contribution in [1.82, 2.24) is 9.88 Å². The fraction of sp³-hybridized carbons (Fsp3) is 0.389. The van der Waals surface area contributed by atoms with E-state index in [2.05, 4.69) is 17.1 Å². The van der Waals surface area contributed by atoms with E-state index in [0.717, 1.165) is 29.7 Å². The van der Waals surface area contributed by atoms with E-state index in [1.54, 1.807) is 4.90 Å². The summed E-state index contributed by atoms with van der Waals surface area (Å²) in [7, 11) is 3.62. The van der Waals surface area contributed by atoms with Crippen LogP contribution in [-0.4, -0.2) is 29.9 Å². The number of nitrogens with one attached hydrogen (secondary N) is 1. The van der Waals surface area contributed by atoms with Crippen LogP contribution >= 0.6 is 0 Å². The summed E-state index contributed by atoms with van der Waals surface area (Å²) in [6.45, 7) is 0. The summed E-state index contributed by atoms with van der Waals surface area (Å²) in [5, 5.41) is 0. The Hall–Kier alpha value is -2.03. The highest BCUT2D eigenvalue weighted by Crippen LogP contribution is 2.34. The van der Waals surface area contributed by atoms with Gasteiger partial charge in [0.15, 0.2) is 0 Å². The van der Waals surface area contributed by atoms with Gasteiger partial charge in [-0.3, -0.25) is 4.79 Å². The SMILES string of the molecule is CN(C)C(=O)c1[nH]c2c(c1-c1ccccc1)CCCCC2. The Balaban J connectivity index is 2.18. The highest BCUT2D eigenvalue weighted by Gasteiger charge is 2.24. The molecule has 1 heterocycles. The maximum Gasteiger partial charge on any atom is 0.270 e. The Morgan fingerprint density at radius 3 is 2.48 bits per heavy atom. The molecule has 3 rings (SSSR count). The van der Waals surface area contributed by atoms with E-state index in [0.29, 0.717) is 0 Å². The normalized spacial score (nSPS) is 14.4. The lowest BCUT2D eigenvalue weighted by Crippen LogP contribution is -2.22. The third-order valence-corrected chi connectivity index (χ3v) is 4.23. The number of H-pyrrole nitrogens is 1. The van der Waals surface area contributed by atoms with Crippen molar-refractivity contribution >= 4 is 5.91 Å². The highest BCUT2D eigenvalue weighted by atomic mass is 16.2. The summed E-state index contributed by atoms with van der Waals surface area (Å²) in [4.78, 5) is 17.6. The molecule has 0 fully saturated rings. The molecule has 0 aliphatic heterocycles. The number of aromatic amines is 1. The Bertz CT molecular complexity index is 641. The van der Waals surface area contributed by atoms with E-state index in [-0.39, 0.29) is 5.91 Å². The average molecular weight is 282 g/mol. The number of hydrogen-bond donors (Lipinski definition) is 1. The Morgan fingerprint density at radius 2 is 1.76 bits per heavy atom. The third-order valence-electron chi connectivity index (χ3n) is 4.23. The van der Waals surface area contributed by atoms with Crippen LogP contribution < -0.4 is 0 Å². The lowest BCUT2D eigenvalue weighted by atomic mass is 9.97. The number of hydrogen-bond acceptors (Lipinski definition) is 1. The molecule has 0 saturated heterocycles. The zero-order chi connectivity index (χ0) is 14.8. The van der Waals surface area contributed by atoms with Crippen LogP contribution in [0.1, 0.15) is 41.0 Å². The standard InChI is InChI=1S/C18H22N2O/c1-20(2)18(21)17-16(13-9-5-3-6-10-13)14-11-7-4-8-12-15(14)19-17/h3,5-6,9-10,19H,4,7-8,11-12H2,1-2H3. The molecule has 110 valence electrons. The minimum absolute atomic E-state index is 0.0573. The van der Waals surface area contributed by atoms with Crippen molar-refractivity contribution < 1.29 is 4.79 Å². The number of amides is 1. The van der Waals surface area contributed by atoms with Crippen molar-refractivity contribution in [2.75, 3.05) is 14.1 Å². The first-order valence-corrected chi connectivity index (χ1v) is 7.69. The fourth-order valence-electron chi connectivity index (χ4n) is 3.17. The monoisotopic (exact) mass is 282 g/mol. The Labute approximate surface area is 126 Å². The number of carbonyl (C=O) groups is 1. The van der Waals surface area contributed by atoms with Gasteiger partial charge < -0.3 is 9.88 Å². The number of benzene rings is 1. The smallest absolute Gasteiger partial charge is 0.270 e. The molecule has 3 nitrogen and oxygen atoms in total. The van der Waals surface area contributed by atoms with Gasteiger partial charge >= 0.3 is 0 Å². The molecule has 1 aliphatic rings. The largest absolute Gasteiger partial charge is 0.354 e. The first kappa shape index (κ1) is 13.9. The van der Waals surface area contributed by atoms with Gasteiger partial charge in [-0.2, -0.15) is 0 Å². The van der Waals surface area contributed by atoms with Gasteiger partial charge in [-0.1, -0.05) is 36.8 Å². The first-order chi connectivity index (χ1) is 10.2. The van der Waals surface area contributed by atoms with E-state index in [1.807, 2.05) is 32.3 Å². The molecule has 1 N–H and O–H groups in total. The summed E-state index contributed by atoms with van der Waals surface area (Å²) >= 11 is 0. The third kappa shape index (κ3) is 2.60. The van der Waals surface area contributed by atoms with Crippen LogP contribution in [0.2, 0.25) is 0 Å². The predicted molar refractivity (Wildman–Crippen MR) is 85.5 cm³/mol. The second-order valence-electron chi connectivity index (χ2n) is 5.96. The number of aryl methyl sites for hydroxylation is 1. The first-order valence-electron chi connectivity index (χ1n) is 7.69. The average Bonchev–Trinajstić information content (AvgIpc) is 2.70. The van der Waals surface area contributed by atoms with Crippen molar-refractivity contribution in [3.63, 3.8) is 0 Å². The zero-order valence-electron chi connectivity index (χ0n) is 12.8. The molecular weight excluding hydrogens is 260 g/mol. The lowest BCUT2D eigenvalue weighted by Gasteiger charge is -2.12. The number of carbonyl (C=O) groups excluding carboxylic acids is 1. The van der Waals surface area contributed by atoms with Gasteiger partial charge in [0.2, 0.25) is 0 Å². The maximum atomic E-state index is 12.5. The van der Waals surface area contributed by atoms with Gasteiger partial charge in [0.05, 0.1) is 0 Å². The molecule has 0 atom stereocenters. The Morgan fingerprint density at radius 1 is 1.05 bits per heavy atom.